The summed E-state index contributed by atoms with van der Waals surface area (Å²) in [7, 11) is 0. The molecule has 0 heterocycles. The molecule has 4 aliphatic rings. The van der Waals surface area contributed by atoms with E-state index in [0.717, 1.165) is 24.8 Å². The molecule has 0 amide bonds. The lowest BCUT2D eigenvalue weighted by Gasteiger charge is -2.60. The summed E-state index contributed by atoms with van der Waals surface area (Å²) in [6, 6.07) is 0. The van der Waals surface area contributed by atoms with E-state index in [2.05, 4.69) is 6.92 Å². The van der Waals surface area contributed by atoms with Gasteiger partial charge in [0.2, 0.25) is 12.1 Å². The Labute approximate surface area is 159 Å². The molecule has 0 spiro atoms. The van der Waals surface area contributed by atoms with Crippen LogP contribution in [0.25, 0.3) is 0 Å². The number of allylic oxidation sites excluding steroid dienone is 1. The summed E-state index contributed by atoms with van der Waals surface area (Å²) >= 11 is 0. The molecular formula is C21H30O6. The van der Waals surface area contributed by atoms with Crippen LogP contribution in [0.1, 0.15) is 58.8 Å². The van der Waals surface area contributed by atoms with Gasteiger partial charge in [0.1, 0.15) is 5.60 Å². The molecule has 0 aromatic heterocycles. The van der Waals surface area contributed by atoms with Gasteiger partial charge in [0.25, 0.3) is 0 Å². The van der Waals surface area contributed by atoms with Crippen LogP contribution in [0.3, 0.4) is 0 Å². The van der Waals surface area contributed by atoms with Gasteiger partial charge in [0.05, 0.1) is 6.10 Å². The number of carbonyl (C=O) groups excluding carboxylic acids is 2. The van der Waals surface area contributed by atoms with Gasteiger partial charge in [0, 0.05) is 11.8 Å². The molecule has 4 rings (SSSR count). The van der Waals surface area contributed by atoms with E-state index in [-0.39, 0.29) is 41.8 Å². The van der Waals surface area contributed by atoms with Crippen molar-refractivity contribution in [3.05, 3.63) is 11.6 Å². The third-order valence-corrected chi connectivity index (χ3v) is 8.69. The largest absolute Gasteiger partial charge is 0.393 e. The predicted molar refractivity (Wildman–Crippen MR) is 96.3 cm³/mol. The topological polar surface area (TPSA) is 115 Å². The summed E-state index contributed by atoms with van der Waals surface area (Å²) < 4.78 is 0. The van der Waals surface area contributed by atoms with E-state index in [0.29, 0.717) is 12.8 Å². The Bertz CT molecular complexity index is 713. The van der Waals surface area contributed by atoms with E-state index in [1.807, 2.05) is 6.92 Å². The minimum absolute atomic E-state index is 0.000164. The minimum atomic E-state index is -2.21. The van der Waals surface area contributed by atoms with Crippen molar-refractivity contribution >= 4 is 11.6 Å². The van der Waals surface area contributed by atoms with E-state index in [9.17, 15) is 30.0 Å². The maximum absolute atomic E-state index is 12.4. The fourth-order valence-electron chi connectivity index (χ4n) is 7.31. The van der Waals surface area contributed by atoms with Crippen molar-refractivity contribution < 1.29 is 30.0 Å². The zero-order chi connectivity index (χ0) is 19.8. The molecule has 150 valence electrons. The molecule has 0 unspecified atom stereocenters. The number of Topliss-reactive ketones (excluding diaryl/α,β-unsaturated/α-hetero) is 1. The van der Waals surface area contributed by atoms with Crippen LogP contribution in [0.15, 0.2) is 11.6 Å². The molecule has 0 aromatic rings. The smallest absolute Gasteiger partial charge is 0.220 e. The zero-order valence-electron chi connectivity index (χ0n) is 16.0. The maximum Gasteiger partial charge on any atom is 0.220 e. The number of hydrogen-bond donors (Lipinski definition) is 4. The van der Waals surface area contributed by atoms with Gasteiger partial charge >= 0.3 is 0 Å². The fourth-order valence-corrected chi connectivity index (χ4v) is 7.31. The van der Waals surface area contributed by atoms with Crippen molar-refractivity contribution in [3.63, 3.8) is 0 Å². The third-order valence-electron chi connectivity index (χ3n) is 8.69. The highest BCUT2D eigenvalue weighted by Gasteiger charge is 2.68. The van der Waals surface area contributed by atoms with E-state index < -0.39 is 29.2 Å². The molecule has 0 radical (unpaired) electrons. The lowest BCUT2D eigenvalue weighted by atomic mass is 9.45. The van der Waals surface area contributed by atoms with E-state index in [4.69, 9.17) is 0 Å². The first-order chi connectivity index (χ1) is 12.5. The Morgan fingerprint density at radius 1 is 1.19 bits per heavy atom. The average molecular weight is 378 g/mol. The van der Waals surface area contributed by atoms with Gasteiger partial charge in [-0.2, -0.15) is 0 Å². The summed E-state index contributed by atoms with van der Waals surface area (Å²) in [5.41, 5.74) is -1.79. The number of fused-ring (bicyclic) bond motifs is 5. The molecule has 0 saturated heterocycles. The third kappa shape index (κ3) is 2.40. The molecule has 4 N–H and O–H groups in total. The number of aliphatic hydroxyl groups is 4. The number of hydrogen-bond acceptors (Lipinski definition) is 6. The van der Waals surface area contributed by atoms with E-state index >= 15 is 0 Å². The lowest BCUT2D eigenvalue weighted by molar-refractivity contribution is -0.196. The Morgan fingerprint density at radius 3 is 2.56 bits per heavy atom. The van der Waals surface area contributed by atoms with E-state index in [1.54, 1.807) is 6.08 Å². The molecule has 27 heavy (non-hydrogen) atoms. The van der Waals surface area contributed by atoms with Gasteiger partial charge in [-0.05, 0) is 67.8 Å². The molecule has 0 aromatic carbocycles. The highest BCUT2D eigenvalue weighted by atomic mass is 16.5. The quantitative estimate of drug-likeness (QED) is 0.535. The van der Waals surface area contributed by atoms with Crippen LogP contribution in [0, 0.1) is 28.6 Å². The van der Waals surface area contributed by atoms with Crippen LogP contribution < -0.4 is 0 Å². The van der Waals surface area contributed by atoms with Crippen LogP contribution in [-0.4, -0.2) is 50.0 Å². The summed E-state index contributed by atoms with van der Waals surface area (Å²) in [4.78, 5) is 24.3. The second kappa shape index (κ2) is 5.96. The molecule has 7 atom stereocenters. The highest BCUT2D eigenvalue weighted by Crippen LogP contribution is 2.67. The highest BCUT2D eigenvalue weighted by molar-refractivity contribution is 5.92. The van der Waals surface area contributed by atoms with Crippen molar-refractivity contribution in [2.24, 2.45) is 28.6 Å². The van der Waals surface area contributed by atoms with Crippen molar-refractivity contribution in [2.45, 2.75) is 76.8 Å². The van der Waals surface area contributed by atoms with Gasteiger partial charge in [-0.3, -0.25) is 9.59 Å². The summed E-state index contributed by atoms with van der Waals surface area (Å²) in [5, 5.41) is 41.2. The lowest BCUT2D eigenvalue weighted by Crippen LogP contribution is -2.62. The van der Waals surface area contributed by atoms with Crippen molar-refractivity contribution in [1.82, 2.24) is 0 Å². The Balaban J connectivity index is 1.73. The normalized spacial score (nSPS) is 49.3. The molecule has 3 fully saturated rings. The number of carbonyl (C=O) groups is 2. The van der Waals surface area contributed by atoms with Crippen molar-refractivity contribution in [1.29, 1.82) is 0 Å². The second-order valence-corrected chi connectivity index (χ2v) is 9.71. The van der Waals surface area contributed by atoms with Gasteiger partial charge in [0.15, 0.2) is 5.78 Å². The van der Waals surface area contributed by atoms with Crippen LogP contribution in [0.2, 0.25) is 0 Å². The Morgan fingerprint density at radius 2 is 1.89 bits per heavy atom. The summed E-state index contributed by atoms with van der Waals surface area (Å²) in [6.07, 6.45) is 2.80. The average Bonchev–Trinajstić information content (AvgIpc) is 2.86. The second-order valence-electron chi connectivity index (χ2n) is 9.71. The summed E-state index contributed by atoms with van der Waals surface area (Å²) in [6.45, 7) is 3.97. The molecule has 6 nitrogen and oxygen atoms in total. The number of aliphatic hydroxyl groups excluding tert-OH is 2. The predicted octanol–water partition coefficient (Wildman–Crippen LogP) is 1.10. The SMILES string of the molecule is C[C@]12CCC(=O)C=C1CC[C@H]1[C@H]2[C@@H](O)C[C@@]2(C)[C@@H]1CC[C@]2(O)C(=O)C(O)O. The van der Waals surface area contributed by atoms with Crippen LogP contribution in [0.4, 0.5) is 0 Å². The molecular weight excluding hydrogens is 348 g/mol. The van der Waals surface area contributed by atoms with Crippen LogP contribution in [0.5, 0.6) is 0 Å². The monoisotopic (exact) mass is 378 g/mol. The number of ketones is 2. The van der Waals surface area contributed by atoms with Crippen molar-refractivity contribution in [2.75, 3.05) is 0 Å². The molecule has 0 bridgehead atoms. The van der Waals surface area contributed by atoms with Crippen LogP contribution >= 0.6 is 0 Å². The first-order valence-electron chi connectivity index (χ1n) is 10.1. The zero-order valence-corrected chi connectivity index (χ0v) is 16.0. The molecule has 3 saturated carbocycles. The molecule has 4 aliphatic carbocycles. The van der Waals surface area contributed by atoms with Gasteiger partial charge in [-0.25, -0.2) is 0 Å². The van der Waals surface area contributed by atoms with Crippen molar-refractivity contribution in [3.8, 4) is 0 Å². The van der Waals surface area contributed by atoms with Gasteiger partial charge in [-0.1, -0.05) is 19.4 Å². The first-order valence-corrected chi connectivity index (χ1v) is 10.1. The Kier molecular flexibility index (Phi) is 4.25. The van der Waals surface area contributed by atoms with Gasteiger partial charge < -0.3 is 20.4 Å². The first kappa shape index (κ1) is 19.2. The molecule has 6 heteroatoms. The summed E-state index contributed by atoms with van der Waals surface area (Å²) in [5.74, 6) is -0.612. The standard InChI is InChI=1S/C21H30O6/c1-19-7-5-12(22)9-11(19)3-4-13-14-6-8-21(27,17(24)18(25)26)20(14,2)10-15(23)16(13)19/h9,13-16,18,23,25-27H,3-8,10H2,1-2H3/t13-,14-,15+,16+,19+,20+,21+/m1/s1. The van der Waals surface area contributed by atoms with Crippen LogP contribution in [-0.2, 0) is 9.59 Å². The number of rotatable bonds is 2. The molecule has 0 aliphatic heterocycles. The maximum atomic E-state index is 12.4. The fraction of sp³-hybridized carbons (Fsp3) is 0.810. The minimum Gasteiger partial charge on any atom is -0.393 e. The van der Waals surface area contributed by atoms with Gasteiger partial charge in [-0.15, -0.1) is 0 Å². The van der Waals surface area contributed by atoms with E-state index in [1.165, 1.54) is 0 Å². The Hall–Kier alpha value is -1.08.